The van der Waals surface area contributed by atoms with Crippen molar-refractivity contribution in [3.8, 4) is 5.88 Å². The molecule has 0 saturated carbocycles. The lowest BCUT2D eigenvalue weighted by molar-refractivity contribution is -0.154. The minimum atomic E-state index is -4.39. The van der Waals surface area contributed by atoms with E-state index in [0.717, 1.165) is 16.3 Å². The van der Waals surface area contributed by atoms with Crippen molar-refractivity contribution in [1.82, 2.24) is 20.2 Å². The summed E-state index contributed by atoms with van der Waals surface area (Å²) in [7, 11) is 3.56. The van der Waals surface area contributed by atoms with E-state index in [1.54, 1.807) is 24.5 Å². The zero-order valence-electron chi connectivity index (χ0n) is 17.4. The summed E-state index contributed by atoms with van der Waals surface area (Å²) in [5.41, 5.74) is 1.67. The highest BCUT2D eigenvalue weighted by Gasteiger charge is 2.28. The minimum Gasteiger partial charge on any atom is -0.468 e. The van der Waals surface area contributed by atoms with Gasteiger partial charge in [-0.05, 0) is 19.4 Å². The molecular formula is C19H26F3N5O2S. The summed E-state index contributed by atoms with van der Waals surface area (Å²) in [5, 5.41) is 6.13. The molecule has 0 aliphatic heterocycles. The molecule has 1 N–H and O–H groups in total. The van der Waals surface area contributed by atoms with Crippen LogP contribution >= 0.6 is 11.3 Å². The van der Waals surface area contributed by atoms with Crippen LogP contribution in [0.5, 0.6) is 5.88 Å². The second-order valence-electron chi connectivity index (χ2n) is 6.49. The first-order chi connectivity index (χ1) is 14.2. The summed E-state index contributed by atoms with van der Waals surface area (Å²) in [6.45, 7) is 4.14. The Morgan fingerprint density at radius 3 is 2.73 bits per heavy atom. The third-order valence-corrected chi connectivity index (χ3v) is 5.01. The van der Waals surface area contributed by atoms with Crippen molar-refractivity contribution in [1.29, 1.82) is 0 Å². The van der Waals surface area contributed by atoms with E-state index in [1.807, 2.05) is 31.2 Å². The lowest BCUT2D eigenvalue weighted by atomic mass is 10.3. The molecule has 0 radical (unpaired) electrons. The number of rotatable bonds is 9. The van der Waals surface area contributed by atoms with Crippen LogP contribution in [0.25, 0.3) is 0 Å². The van der Waals surface area contributed by atoms with E-state index in [4.69, 9.17) is 4.74 Å². The second-order valence-corrected chi connectivity index (χ2v) is 7.38. The monoisotopic (exact) mass is 445 g/mol. The van der Waals surface area contributed by atoms with E-state index >= 15 is 0 Å². The zero-order valence-corrected chi connectivity index (χ0v) is 18.2. The van der Waals surface area contributed by atoms with Gasteiger partial charge in [0.2, 0.25) is 5.88 Å². The van der Waals surface area contributed by atoms with Gasteiger partial charge in [-0.3, -0.25) is 0 Å². The van der Waals surface area contributed by atoms with Crippen LogP contribution in [0.2, 0.25) is 0 Å². The van der Waals surface area contributed by atoms with Gasteiger partial charge < -0.3 is 19.7 Å². The first kappa shape index (κ1) is 23.9. The van der Waals surface area contributed by atoms with Crippen molar-refractivity contribution in [3.63, 3.8) is 0 Å². The van der Waals surface area contributed by atoms with Crippen LogP contribution in [0.1, 0.15) is 36.2 Å². The lowest BCUT2D eigenvalue weighted by Gasteiger charge is -2.21. The summed E-state index contributed by atoms with van der Waals surface area (Å²) >= 11 is 1.55. The molecule has 1 atom stereocenters. The van der Waals surface area contributed by atoms with Crippen molar-refractivity contribution in [2.45, 2.75) is 39.2 Å². The number of guanidine groups is 1. The molecule has 0 amide bonds. The molecule has 0 aliphatic rings. The van der Waals surface area contributed by atoms with Gasteiger partial charge in [-0.2, -0.15) is 13.2 Å². The van der Waals surface area contributed by atoms with E-state index < -0.39 is 12.8 Å². The molecular weight excluding hydrogens is 419 g/mol. The summed E-state index contributed by atoms with van der Waals surface area (Å²) < 4.78 is 46.5. The fraction of sp³-hybridized carbons (Fsp3) is 0.526. The maximum Gasteiger partial charge on any atom is 0.422 e. The number of hydrogen-bond donors (Lipinski definition) is 1. The maximum atomic E-state index is 12.2. The van der Waals surface area contributed by atoms with Crippen molar-refractivity contribution in [2.75, 3.05) is 27.3 Å². The summed E-state index contributed by atoms with van der Waals surface area (Å²) in [4.78, 5) is 15.0. The van der Waals surface area contributed by atoms with Crippen molar-refractivity contribution in [2.24, 2.45) is 4.99 Å². The van der Waals surface area contributed by atoms with Gasteiger partial charge >= 0.3 is 6.18 Å². The Morgan fingerprint density at radius 2 is 2.13 bits per heavy atom. The summed E-state index contributed by atoms with van der Waals surface area (Å²) in [6.07, 6.45) is -2.99. The summed E-state index contributed by atoms with van der Waals surface area (Å²) in [5.74, 6) is 0.609. The second kappa shape index (κ2) is 11.1. The largest absolute Gasteiger partial charge is 0.468 e. The zero-order chi connectivity index (χ0) is 22.1. The van der Waals surface area contributed by atoms with E-state index in [1.165, 1.54) is 12.3 Å². The van der Waals surface area contributed by atoms with Crippen LogP contribution in [0.3, 0.4) is 0 Å². The predicted molar refractivity (Wildman–Crippen MR) is 110 cm³/mol. The van der Waals surface area contributed by atoms with Crippen molar-refractivity contribution in [3.05, 3.63) is 40.0 Å². The van der Waals surface area contributed by atoms with Crippen LogP contribution in [0.15, 0.2) is 28.7 Å². The van der Waals surface area contributed by atoms with Crippen LogP contribution in [0, 0.1) is 0 Å². The normalized spacial score (nSPS) is 13.2. The molecule has 0 spiro atoms. The molecule has 0 bridgehead atoms. The molecule has 0 saturated heterocycles. The van der Waals surface area contributed by atoms with Crippen molar-refractivity contribution < 1.29 is 22.6 Å². The average molecular weight is 446 g/mol. The fourth-order valence-corrected chi connectivity index (χ4v) is 3.22. The van der Waals surface area contributed by atoms with E-state index in [-0.39, 0.29) is 12.0 Å². The molecule has 2 aromatic rings. The number of methoxy groups -OCH3 is 1. The molecule has 0 fully saturated rings. The number of pyridine rings is 1. The summed E-state index contributed by atoms with van der Waals surface area (Å²) in [6, 6.07) is 3.05. The highest BCUT2D eigenvalue weighted by atomic mass is 32.1. The molecule has 166 valence electrons. The molecule has 0 aromatic carbocycles. The molecule has 7 nitrogen and oxygen atoms in total. The fourth-order valence-electron chi connectivity index (χ4n) is 2.38. The van der Waals surface area contributed by atoms with Gasteiger partial charge in [0, 0.05) is 38.3 Å². The van der Waals surface area contributed by atoms with Gasteiger partial charge in [0.15, 0.2) is 12.6 Å². The third-order valence-electron chi connectivity index (χ3n) is 3.96. The Bertz CT molecular complexity index is 811. The van der Waals surface area contributed by atoms with Gasteiger partial charge in [0.05, 0.1) is 18.8 Å². The Labute approximate surface area is 178 Å². The number of ether oxygens (including phenoxy) is 2. The predicted octanol–water partition coefficient (Wildman–Crippen LogP) is 3.78. The Morgan fingerprint density at radius 1 is 1.37 bits per heavy atom. The number of nitrogens with one attached hydrogen (secondary N) is 1. The molecule has 2 rings (SSSR count). The number of aliphatic imine (C=N–C) groups is 1. The molecule has 1 unspecified atom stereocenters. The standard InChI is InChI=1S/C19H26F3N5O2S/c1-5-23-18(27(3)10-15-11-30-17(26-15)13(2)28-4)25-9-14-6-7-16(24-8-14)29-12-19(20,21)22/h6-8,11,13H,5,9-10,12H2,1-4H3,(H,23,25). The number of halogens is 3. The van der Waals surface area contributed by atoms with Gasteiger partial charge in [0.1, 0.15) is 11.1 Å². The van der Waals surface area contributed by atoms with Crippen molar-refractivity contribution >= 4 is 17.3 Å². The Balaban J connectivity index is 1.98. The topological polar surface area (TPSA) is 71.9 Å². The van der Waals surface area contributed by atoms with Crippen LogP contribution in [-0.4, -0.2) is 54.3 Å². The number of aromatic nitrogens is 2. The van der Waals surface area contributed by atoms with Crippen LogP contribution in [-0.2, 0) is 17.8 Å². The smallest absolute Gasteiger partial charge is 0.422 e. The maximum absolute atomic E-state index is 12.2. The Hall–Kier alpha value is -2.40. The van der Waals surface area contributed by atoms with Gasteiger partial charge in [-0.15, -0.1) is 11.3 Å². The van der Waals surface area contributed by atoms with E-state index in [2.05, 4.69) is 25.0 Å². The molecule has 2 heterocycles. The number of alkyl halides is 3. The Kier molecular flexibility index (Phi) is 8.85. The van der Waals surface area contributed by atoms with E-state index in [0.29, 0.717) is 25.6 Å². The minimum absolute atomic E-state index is 0.0495. The SMILES string of the molecule is CCNC(=NCc1ccc(OCC(F)(F)F)nc1)N(C)Cc1csc(C(C)OC)n1. The van der Waals surface area contributed by atoms with E-state index in [9.17, 15) is 13.2 Å². The molecule has 0 aliphatic carbocycles. The highest BCUT2D eigenvalue weighted by molar-refractivity contribution is 7.09. The van der Waals surface area contributed by atoms with Gasteiger partial charge in [0.25, 0.3) is 0 Å². The first-order valence-corrected chi connectivity index (χ1v) is 10.2. The molecule has 11 heteroatoms. The van der Waals surface area contributed by atoms with Crippen LogP contribution < -0.4 is 10.1 Å². The molecule has 30 heavy (non-hydrogen) atoms. The number of hydrogen-bond acceptors (Lipinski definition) is 6. The van der Waals surface area contributed by atoms with Gasteiger partial charge in [-0.1, -0.05) is 6.07 Å². The molecule has 2 aromatic heterocycles. The quantitative estimate of drug-likeness (QED) is 0.468. The van der Waals surface area contributed by atoms with Gasteiger partial charge in [-0.25, -0.2) is 15.0 Å². The van der Waals surface area contributed by atoms with Crippen LogP contribution in [0.4, 0.5) is 13.2 Å². The highest BCUT2D eigenvalue weighted by Crippen LogP contribution is 2.21. The average Bonchev–Trinajstić information content (AvgIpc) is 3.17. The number of thiazole rings is 1. The third kappa shape index (κ3) is 7.79. The number of nitrogens with zero attached hydrogens (tertiary/aromatic N) is 4. The first-order valence-electron chi connectivity index (χ1n) is 9.32. The lowest BCUT2D eigenvalue weighted by Crippen LogP contribution is -2.38.